The van der Waals surface area contributed by atoms with Crippen LogP contribution in [-0.2, 0) is 29.1 Å². The molecule has 3 atom stereocenters. The number of aryl methyl sites for hydroxylation is 1. The van der Waals surface area contributed by atoms with Crippen molar-refractivity contribution >= 4 is 17.6 Å². The fraction of sp³-hybridized carbons (Fsp3) is 0.500. The minimum atomic E-state index is -0.817. The second kappa shape index (κ2) is 13.3. The summed E-state index contributed by atoms with van der Waals surface area (Å²) in [5, 5.41) is 10.6. The number of nitrogens with zero attached hydrogens (tertiary/aromatic N) is 5. The topological polar surface area (TPSA) is 87.9 Å². The highest BCUT2D eigenvalue weighted by atomic mass is 16.5. The highest BCUT2D eigenvalue weighted by Crippen LogP contribution is 2.41. The number of ether oxygens (including phenoxy) is 1. The quantitative estimate of drug-likeness (QED) is 0.298. The molecular formula is C34H46N5O4+. The van der Waals surface area contributed by atoms with Gasteiger partial charge in [0.25, 0.3) is 0 Å². The third-order valence-electron chi connectivity index (χ3n) is 8.67. The van der Waals surface area contributed by atoms with E-state index in [1.807, 2.05) is 39.9 Å². The zero-order valence-corrected chi connectivity index (χ0v) is 26.0. The van der Waals surface area contributed by atoms with E-state index in [0.29, 0.717) is 32.7 Å². The molecule has 1 saturated heterocycles. The maximum absolute atomic E-state index is 14.2. The Morgan fingerprint density at radius 2 is 2.00 bits per heavy atom. The van der Waals surface area contributed by atoms with E-state index in [2.05, 4.69) is 56.1 Å². The highest BCUT2D eigenvalue weighted by Gasteiger charge is 2.47. The van der Waals surface area contributed by atoms with Crippen LogP contribution in [0.15, 0.2) is 61.2 Å². The number of quaternary nitrogens is 1. The minimum absolute atomic E-state index is 0.00983. The van der Waals surface area contributed by atoms with E-state index in [-0.39, 0.29) is 24.4 Å². The number of unbranched alkanes of at least 4 members (excludes halogenated alkanes) is 1. The Labute approximate surface area is 255 Å². The molecule has 1 unspecified atom stereocenters. The van der Waals surface area contributed by atoms with Gasteiger partial charge in [0.15, 0.2) is 0 Å². The number of imidazole rings is 1. The number of carbonyl (C=O) groups is 2. The van der Waals surface area contributed by atoms with Gasteiger partial charge >= 0.3 is 5.97 Å². The van der Waals surface area contributed by atoms with E-state index in [1.165, 1.54) is 5.56 Å². The number of rotatable bonds is 13. The second-order valence-electron chi connectivity index (χ2n) is 13.0. The summed E-state index contributed by atoms with van der Waals surface area (Å²) in [6.07, 6.45) is 8.70. The molecule has 230 valence electrons. The Bertz CT molecular complexity index is 1400. The molecule has 2 aliphatic heterocycles. The molecule has 9 heteroatoms. The molecule has 9 nitrogen and oxygen atoms in total. The number of likely N-dealkylation sites (tertiary alicyclic amines) is 1. The van der Waals surface area contributed by atoms with Crippen LogP contribution < -0.4 is 9.64 Å². The number of fused-ring (bicyclic) bond motifs is 1. The number of aromatic nitrogens is 2. The first-order valence-corrected chi connectivity index (χ1v) is 15.5. The number of amides is 1. The largest absolute Gasteiger partial charge is 0.493 e. The summed E-state index contributed by atoms with van der Waals surface area (Å²) >= 11 is 0. The molecule has 0 radical (unpaired) electrons. The molecule has 1 fully saturated rings. The van der Waals surface area contributed by atoms with Gasteiger partial charge in [-0.1, -0.05) is 37.6 Å². The van der Waals surface area contributed by atoms with Crippen molar-refractivity contribution in [1.82, 2.24) is 14.5 Å². The summed E-state index contributed by atoms with van der Waals surface area (Å²) in [6, 6.07) is 14.1. The molecular weight excluding hydrogens is 542 g/mol. The SMILES string of the molecule is CCCCN(C(=O)CN1C[C@H](c2ccc3c(c2)CCO3)C(C(=O)O)[C@@H]1CCn1ccnc1)c1cccc(C[N+](C)(C)C)c1. The highest BCUT2D eigenvalue weighted by molar-refractivity contribution is 5.95. The van der Waals surface area contributed by atoms with Crippen molar-refractivity contribution in [3.05, 3.63) is 77.9 Å². The first kappa shape index (κ1) is 30.8. The summed E-state index contributed by atoms with van der Waals surface area (Å²) in [7, 11) is 6.48. The van der Waals surface area contributed by atoms with Crippen molar-refractivity contribution in [2.24, 2.45) is 5.92 Å². The van der Waals surface area contributed by atoms with E-state index < -0.39 is 11.9 Å². The van der Waals surface area contributed by atoms with Crippen LogP contribution in [0.3, 0.4) is 0 Å². The van der Waals surface area contributed by atoms with Crippen LogP contribution in [0.2, 0.25) is 0 Å². The first-order chi connectivity index (χ1) is 20.6. The minimum Gasteiger partial charge on any atom is -0.493 e. The van der Waals surface area contributed by atoms with Gasteiger partial charge < -0.3 is 23.8 Å². The summed E-state index contributed by atoms with van der Waals surface area (Å²) < 4.78 is 8.49. The van der Waals surface area contributed by atoms with Gasteiger partial charge in [-0.15, -0.1) is 0 Å². The van der Waals surface area contributed by atoms with Crippen molar-refractivity contribution in [3.63, 3.8) is 0 Å². The number of hydrogen-bond acceptors (Lipinski definition) is 5. The van der Waals surface area contributed by atoms with Crippen LogP contribution in [0.5, 0.6) is 5.75 Å². The number of carboxylic acid groups (broad SMARTS) is 1. The zero-order valence-electron chi connectivity index (χ0n) is 26.0. The molecule has 3 heterocycles. The fourth-order valence-electron chi connectivity index (χ4n) is 6.67. The lowest BCUT2D eigenvalue weighted by Gasteiger charge is -2.30. The van der Waals surface area contributed by atoms with Gasteiger partial charge in [0.05, 0.1) is 46.5 Å². The first-order valence-electron chi connectivity index (χ1n) is 15.5. The van der Waals surface area contributed by atoms with Crippen LogP contribution in [0.4, 0.5) is 5.69 Å². The molecule has 5 rings (SSSR count). The molecule has 43 heavy (non-hydrogen) atoms. The van der Waals surface area contributed by atoms with Gasteiger partial charge in [0.1, 0.15) is 12.3 Å². The van der Waals surface area contributed by atoms with Crippen LogP contribution in [0, 0.1) is 5.92 Å². The van der Waals surface area contributed by atoms with Crippen molar-refractivity contribution in [1.29, 1.82) is 0 Å². The van der Waals surface area contributed by atoms with Gasteiger partial charge in [-0.25, -0.2) is 4.98 Å². The summed E-state index contributed by atoms with van der Waals surface area (Å²) in [4.78, 5) is 35.3. The third-order valence-corrected chi connectivity index (χ3v) is 8.67. The van der Waals surface area contributed by atoms with Gasteiger partial charge in [-0.3, -0.25) is 14.5 Å². The van der Waals surface area contributed by atoms with E-state index >= 15 is 0 Å². The van der Waals surface area contributed by atoms with Gasteiger partial charge in [-0.2, -0.15) is 0 Å². The molecule has 3 aromatic rings. The van der Waals surface area contributed by atoms with Crippen molar-refractivity contribution in [3.8, 4) is 5.75 Å². The lowest BCUT2D eigenvalue weighted by atomic mass is 9.83. The maximum atomic E-state index is 14.2. The third kappa shape index (κ3) is 7.46. The van der Waals surface area contributed by atoms with E-state index in [0.717, 1.165) is 52.9 Å². The lowest BCUT2D eigenvalue weighted by molar-refractivity contribution is -0.884. The van der Waals surface area contributed by atoms with E-state index in [4.69, 9.17) is 4.74 Å². The number of aliphatic carboxylic acids is 1. The average Bonchev–Trinajstić information content (AvgIpc) is 3.71. The zero-order chi connectivity index (χ0) is 30.6. The molecule has 2 aromatic carbocycles. The Balaban J connectivity index is 1.43. The van der Waals surface area contributed by atoms with Crippen molar-refractivity contribution in [2.75, 3.05) is 52.3 Å². The average molecular weight is 589 g/mol. The maximum Gasteiger partial charge on any atom is 0.308 e. The van der Waals surface area contributed by atoms with E-state index in [1.54, 1.807) is 12.5 Å². The molecule has 0 spiro atoms. The number of hydrogen-bond donors (Lipinski definition) is 1. The number of carbonyl (C=O) groups excluding carboxylic acids is 1. The molecule has 1 aromatic heterocycles. The Hall–Kier alpha value is -3.69. The normalized spacial score (nSPS) is 20.1. The Morgan fingerprint density at radius 3 is 2.72 bits per heavy atom. The number of carboxylic acids is 1. The van der Waals surface area contributed by atoms with Gasteiger partial charge in [0, 0.05) is 61.7 Å². The smallest absolute Gasteiger partial charge is 0.308 e. The Kier molecular flexibility index (Phi) is 9.52. The van der Waals surface area contributed by atoms with Crippen LogP contribution >= 0.6 is 0 Å². The predicted octanol–water partition coefficient (Wildman–Crippen LogP) is 4.42. The lowest BCUT2D eigenvalue weighted by Crippen LogP contribution is -2.45. The molecule has 0 saturated carbocycles. The predicted molar refractivity (Wildman–Crippen MR) is 167 cm³/mol. The molecule has 1 N–H and O–H groups in total. The number of anilines is 1. The van der Waals surface area contributed by atoms with Gasteiger partial charge in [-0.05, 0) is 42.2 Å². The van der Waals surface area contributed by atoms with E-state index in [9.17, 15) is 14.7 Å². The molecule has 0 bridgehead atoms. The molecule has 0 aliphatic carbocycles. The second-order valence-corrected chi connectivity index (χ2v) is 13.0. The van der Waals surface area contributed by atoms with Crippen LogP contribution in [-0.4, -0.2) is 89.3 Å². The van der Waals surface area contributed by atoms with Crippen molar-refractivity contribution in [2.45, 2.75) is 57.7 Å². The van der Waals surface area contributed by atoms with Gasteiger partial charge in [0.2, 0.25) is 5.91 Å². The molecule has 1 amide bonds. The summed E-state index contributed by atoms with van der Waals surface area (Å²) in [6.45, 7) is 5.60. The Morgan fingerprint density at radius 1 is 1.16 bits per heavy atom. The standard InChI is InChI=1S/C34H45N5O4/c1-5-6-15-38(28-9-7-8-25(19-28)23-39(2,3)4)32(40)22-37-21-29(26-10-11-31-27(20-26)13-18-43-31)33(34(41)42)30(37)12-16-36-17-14-35-24-36/h7-11,14,17,19-20,24,29-30,33H,5-6,12-13,15-16,18,21-23H2,1-4H3/p+1/t29-,30+,33?/m1/s1. The summed E-state index contributed by atoms with van der Waals surface area (Å²) in [5.41, 5.74) is 4.23. The number of benzene rings is 2. The summed E-state index contributed by atoms with van der Waals surface area (Å²) in [5.74, 6) is -0.773. The molecule has 2 aliphatic rings. The monoisotopic (exact) mass is 588 g/mol. The fourth-order valence-corrected chi connectivity index (χ4v) is 6.67. The van der Waals surface area contributed by atoms with Crippen LogP contribution in [0.1, 0.15) is 48.8 Å². The van der Waals surface area contributed by atoms with Crippen LogP contribution in [0.25, 0.3) is 0 Å². The van der Waals surface area contributed by atoms with Crippen molar-refractivity contribution < 1.29 is 23.9 Å².